The zero-order chi connectivity index (χ0) is 25.0. The van der Waals surface area contributed by atoms with Gasteiger partial charge in [0.15, 0.2) is 11.0 Å². The van der Waals surface area contributed by atoms with Crippen LogP contribution in [0.15, 0.2) is 41.6 Å². The summed E-state index contributed by atoms with van der Waals surface area (Å²) in [7, 11) is 1.79. The Labute approximate surface area is 221 Å². The lowest BCUT2D eigenvalue weighted by Gasteiger charge is -2.21. The van der Waals surface area contributed by atoms with Crippen molar-refractivity contribution in [3.05, 3.63) is 67.9 Å². The average Bonchev–Trinajstić information content (AvgIpc) is 3.14. The first-order valence-electron chi connectivity index (χ1n) is 10.1. The van der Waals surface area contributed by atoms with Gasteiger partial charge in [0, 0.05) is 17.6 Å². The molecule has 0 aliphatic rings. The normalized spacial score (nSPS) is 12.0. The number of thioether (sulfide) groups is 1. The summed E-state index contributed by atoms with van der Waals surface area (Å²) in [6.07, 6.45) is 0. The van der Waals surface area contributed by atoms with Crippen molar-refractivity contribution >= 4 is 75.7 Å². The van der Waals surface area contributed by atoms with Crippen LogP contribution in [0.4, 0.5) is 5.69 Å². The molecule has 2 aromatic carbocycles. The Hall–Kier alpha value is -1.97. The number of amides is 2. The van der Waals surface area contributed by atoms with Gasteiger partial charge in [0.25, 0.3) is 5.91 Å². The van der Waals surface area contributed by atoms with Crippen LogP contribution in [-0.4, -0.2) is 32.3 Å². The van der Waals surface area contributed by atoms with Crippen LogP contribution >= 0.6 is 58.2 Å². The summed E-state index contributed by atoms with van der Waals surface area (Å²) in [5.41, 5.74) is 0.856. The number of anilines is 1. The van der Waals surface area contributed by atoms with Gasteiger partial charge >= 0.3 is 0 Å². The van der Waals surface area contributed by atoms with Crippen molar-refractivity contribution in [1.82, 2.24) is 20.1 Å². The molecule has 0 fully saturated rings. The van der Waals surface area contributed by atoms with E-state index in [9.17, 15) is 9.59 Å². The highest BCUT2D eigenvalue weighted by Crippen LogP contribution is 2.32. The molecule has 3 aromatic rings. The van der Waals surface area contributed by atoms with Crippen molar-refractivity contribution in [2.24, 2.45) is 13.0 Å². The number of hydrogen-bond donors (Lipinski definition) is 2. The Bertz CT molecular complexity index is 1200. The summed E-state index contributed by atoms with van der Waals surface area (Å²) in [5.74, 6) is 0.132. The standard InChI is InChI=1S/C22H21Cl4N5O2S/c1-11(2)19(28-21(33)12-4-6-13(23)7-5-12)20-29-30-22(31(20)3)34-10-18(32)27-17-9-15(25)14(24)8-16(17)26/h4-9,11,19H,10H2,1-3H3,(H,27,32)(H,28,33)/t19-/m0/s1. The van der Waals surface area contributed by atoms with Crippen molar-refractivity contribution < 1.29 is 9.59 Å². The molecule has 0 bridgehead atoms. The monoisotopic (exact) mass is 559 g/mol. The predicted octanol–water partition coefficient (Wildman–Crippen LogP) is 6.29. The first kappa shape index (κ1) is 26.6. The Morgan fingerprint density at radius 3 is 2.29 bits per heavy atom. The summed E-state index contributed by atoms with van der Waals surface area (Å²) in [6.45, 7) is 3.95. The minimum Gasteiger partial charge on any atom is -0.342 e. The zero-order valence-corrected chi connectivity index (χ0v) is 22.2. The van der Waals surface area contributed by atoms with Crippen LogP contribution < -0.4 is 10.6 Å². The van der Waals surface area contributed by atoms with E-state index >= 15 is 0 Å². The summed E-state index contributed by atoms with van der Waals surface area (Å²) in [5, 5.41) is 16.1. The summed E-state index contributed by atoms with van der Waals surface area (Å²) in [6, 6.07) is 9.21. The molecule has 34 heavy (non-hydrogen) atoms. The Morgan fingerprint density at radius 2 is 1.65 bits per heavy atom. The van der Waals surface area contributed by atoms with Gasteiger partial charge in [-0.05, 0) is 42.3 Å². The first-order valence-corrected chi connectivity index (χ1v) is 12.6. The van der Waals surface area contributed by atoms with Crippen LogP contribution in [0, 0.1) is 5.92 Å². The molecule has 7 nitrogen and oxygen atoms in total. The Balaban J connectivity index is 1.67. The topological polar surface area (TPSA) is 88.9 Å². The molecule has 0 spiro atoms. The van der Waals surface area contributed by atoms with Gasteiger partial charge in [0.1, 0.15) is 0 Å². The van der Waals surface area contributed by atoms with E-state index in [0.29, 0.717) is 32.3 Å². The molecule has 0 aliphatic heterocycles. The fourth-order valence-electron chi connectivity index (χ4n) is 3.01. The third-order valence-corrected chi connectivity index (χ3v) is 7.13. The molecular formula is C22H21Cl4N5O2S. The van der Waals surface area contributed by atoms with Crippen LogP contribution in [-0.2, 0) is 11.8 Å². The van der Waals surface area contributed by atoms with Crippen molar-refractivity contribution in [3.8, 4) is 0 Å². The molecular weight excluding hydrogens is 540 g/mol. The van der Waals surface area contributed by atoms with Crippen molar-refractivity contribution in [2.45, 2.75) is 25.0 Å². The number of rotatable bonds is 8. The number of aromatic nitrogens is 3. The summed E-state index contributed by atoms with van der Waals surface area (Å²) < 4.78 is 1.76. The highest BCUT2D eigenvalue weighted by Gasteiger charge is 2.25. The fourth-order valence-corrected chi connectivity index (χ4v) is 4.45. The highest BCUT2D eigenvalue weighted by molar-refractivity contribution is 7.99. The van der Waals surface area contributed by atoms with E-state index in [2.05, 4.69) is 20.8 Å². The lowest BCUT2D eigenvalue weighted by molar-refractivity contribution is -0.113. The molecule has 0 saturated heterocycles. The van der Waals surface area contributed by atoms with Crippen LogP contribution in [0.25, 0.3) is 0 Å². The average molecular weight is 561 g/mol. The molecule has 0 saturated carbocycles. The third-order valence-electron chi connectivity index (χ3n) is 4.82. The van der Waals surface area contributed by atoms with E-state index in [1.807, 2.05) is 13.8 Å². The van der Waals surface area contributed by atoms with Crippen molar-refractivity contribution in [1.29, 1.82) is 0 Å². The van der Waals surface area contributed by atoms with E-state index in [1.54, 1.807) is 35.9 Å². The van der Waals surface area contributed by atoms with E-state index in [0.717, 1.165) is 0 Å². The van der Waals surface area contributed by atoms with Crippen LogP contribution in [0.2, 0.25) is 20.1 Å². The SMILES string of the molecule is CC(C)[C@H](NC(=O)c1ccc(Cl)cc1)c1nnc(SCC(=O)Nc2cc(Cl)c(Cl)cc2Cl)n1C. The van der Waals surface area contributed by atoms with Gasteiger partial charge in [0.05, 0.1) is 32.5 Å². The number of benzene rings is 2. The lowest BCUT2D eigenvalue weighted by Crippen LogP contribution is -2.33. The van der Waals surface area contributed by atoms with Gasteiger partial charge in [-0.3, -0.25) is 9.59 Å². The van der Waals surface area contributed by atoms with E-state index in [1.165, 1.54) is 23.9 Å². The number of hydrogen-bond acceptors (Lipinski definition) is 5. The van der Waals surface area contributed by atoms with E-state index in [-0.39, 0.29) is 39.6 Å². The second-order valence-electron chi connectivity index (χ2n) is 7.68. The Kier molecular flexibility index (Phi) is 9.12. The van der Waals surface area contributed by atoms with Gasteiger partial charge < -0.3 is 15.2 Å². The fraction of sp³-hybridized carbons (Fsp3) is 0.273. The minimum absolute atomic E-state index is 0.0390. The minimum atomic E-state index is -0.390. The third kappa shape index (κ3) is 6.58. The second kappa shape index (κ2) is 11.6. The number of nitrogens with zero attached hydrogens (tertiary/aromatic N) is 3. The van der Waals surface area contributed by atoms with Crippen molar-refractivity contribution in [2.75, 3.05) is 11.1 Å². The first-order chi connectivity index (χ1) is 16.1. The molecule has 180 valence electrons. The molecule has 2 N–H and O–H groups in total. The Morgan fingerprint density at radius 1 is 1.00 bits per heavy atom. The highest BCUT2D eigenvalue weighted by atomic mass is 35.5. The zero-order valence-electron chi connectivity index (χ0n) is 18.4. The van der Waals surface area contributed by atoms with Gasteiger partial charge in [-0.25, -0.2) is 0 Å². The van der Waals surface area contributed by atoms with E-state index < -0.39 is 0 Å². The molecule has 0 unspecified atom stereocenters. The van der Waals surface area contributed by atoms with Crippen molar-refractivity contribution in [3.63, 3.8) is 0 Å². The number of nitrogens with one attached hydrogen (secondary N) is 2. The smallest absolute Gasteiger partial charge is 0.251 e. The van der Waals surface area contributed by atoms with Crippen LogP contribution in [0.5, 0.6) is 0 Å². The van der Waals surface area contributed by atoms with Gasteiger partial charge in [-0.15, -0.1) is 10.2 Å². The van der Waals surface area contributed by atoms with Gasteiger partial charge in [-0.1, -0.05) is 72.0 Å². The second-order valence-corrected chi connectivity index (χ2v) is 10.3. The lowest BCUT2D eigenvalue weighted by atomic mass is 10.0. The maximum Gasteiger partial charge on any atom is 0.251 e. The number of carbonyl (C=O) groups excluding carboxylic acids is 2. The number of halogens is 4. The summed E-state index contributed by atoms with van der Waals surface area (Å²) >= 11 is 25.1. The molecule has 12 heteroatoms. The molecule has 1 atom stereocenters. The van der Waals surface area contributed by atoms with E-state index in [4.69, 9.17) is 46.4 Å². The molecule has 1 heterocycles. The maximum absolute atomic E-state index is 12.7. The molecule has 0 radical (unpaired) electrons. The summed E-state index contributed by atoms with van der Waals surface area (Å²) in [4.78, 5) is 25.2. The largest absolute Gasteiger partial charge is 0.342 e. The molecule has 2 amide bonds. The van der Waals surface area contributed by atoms with Crippen LogP contribution in [0.1, 0.15) is 36.1 Å². The predicted molar refractivity (Wildman–Crippen MR) is 138 cm³/mol. The molecule has 1 aromatic heterocycles. The quantitative estimate of drug-likeness (QED) is 0.250. The van der Waals surface area contributed by atoms with Crippen LogP contribution in [0.3, 0.4) is 0 Å². The molecule has 0 aliphatic carbocycles. The van der Waals surface area contributed by atoms with Gasteiger partial charge in [-0.2, -0.15) is 0 Å². The van der Waals surface area contributed by atoms with Gasteiger partial charge in [0.2, 0.25) is 5.91 Å². The number of carbonyl (C=O) groups is 2. The molecule has 3 rings (SSSR count). The maximum atomic E-state index is 12.7.